The Bertz CT molecular complexity index is 686. The summed E-state index contributed by atoms with van der Waals surface area (Å²) in [6, 6.07) is 6.93. The average Bonchev–Trinajstić information content (AvgIpc) is 2.62. The second-order valence-corrected chi connectivity index (χ2v) is 8.41. The van der Waals surface area contributed by atoms with E-state index in [1.807, 2.05) is 11.8 Å². The SMILES string of the molecule is CCOC(=O)N1CC[C@@]23CCCC[C@@H]2[C@@H]1Cc1ccc(OC(C)C)cc13. The zero-order valence-electron chi connectivity index (χ0n) is 16.3. The summed E-state index contributed by atoms with van der Waals surface area (Å²) in [5, 5.41) is 0. The summed E-state index contributed by atoms with van der Waals surface area (Å²) in [6.45, 7) is 7.31. The van der Waals surface area contributed by atoms with Crippen LogP contribution in [0.5, 0.6) is 5.75 Å². The van der Waals surface area contributed by atoms with E-state index in [4.69, 9.17) is 9.47 Å². The molecule has 2 bridgehead atoms. The van der Waals surface area contributed by atoms with E-state index in [9.17, 15) is 4.79 Å². The van der Waals surface area contributed by atoms with Crippen molar-refractivity contribution in [3.8, 4) is 5.75 Å². The zero-order valence-corrected chi connectivity index (χ0v) is 16.3. The van der Waals surface area contributed by atoms with Crippen molar-refractivity contribution in [2.45, 2.75) is 76.9 Å². The number of rotatable bonds is 3. The van der Waals surface area contributed by atoms with Crippen LogP contribution in [0.4, 0.5) is 4.79 Å². The minimum atomic E-state index is -0.125. The normalized spacial score (nSPS) is 29.8. The first-order chi connectivity index (χ1) is 12.5. The Morgan fingerprint density at radius 2 is 2.15 bits per heavy atom. The van der Waals surface area contributed by atoms with Gasteiger partial charge in [-0.25, -0.2) is 4.79 Å². The van der Waals surface area contributed by atoms with Crippen LogP contribution in [-0.2, 0) is 16.6 Å². The molecule has 1 saturated carbocycles. The number of fused-ring (bicyclic) bond motifs is 1. The van der Waals surface area contributed by atoms with Crippen LogP contribution in [0.15, 0.2) is 18.2 Å². The number of benzene rings is 1. The van der Waals surface area contributed by atoms with Crippen molar-refractivity contribution in [1.82, 2.24) is 4.90 Å². The van der Waals surface area contributed by atoms with Crippen molar-refractivity contribution in [2.75, 3.05) is 13.2 Å². The number of hydrogen-bond acceptors (Lipinski definition) is 3. The number of ether oxygens (including phenoxy) is 2. The molecule has 0 unspecified atom stereocenters. The molecule has 1 aliphatic heterocycles. The highest BCUT2D eigenvalue weighted by Gasteiger charge is 2.55. The zero-order chi connectivity index (χ0) is 18.3. The third kappa shape index (κ3) is 2.78. The fourth-order valence-corrected chi connectivity index (χ4v) is 5.76. The average molecular weight is 357 g/mol. The number of carbonyl (C=O) groups excluding carboxylic acids is 1. The molecule has 2 aliphatic carbocycles. The van der Waals surface area contributed by atoms with Gasteiger partial charge in [-0.05, 0) is 75.6 Å². The summed E-state index contributed by atoms with van der Waals surface area (Å²) < 4.78 is 11.4. The molecule has 4 rings (SSSR count). The van der Waals surface area contributed by atoms with Crippen LogP contribution in [-0.4, -0.2) is 36.3 Å². The lowest BCUT2D eigenvalue weighted by molar-refractivity contribution is -0.0110. The first-order valence-electron chi connectivity index (χ1n) is 10.3. The fourth-order valence-electron chi connectivity index (χ4n) is 5.76. The van der Waals surface area contributed by atoms with Gasteiger partial charge in [0.2, 0.25) is 0 Å². The van der Waals surface area contributed by atoms with Crippen LogP contribution in [0.25, 0.3) is 0 Å². The number of nitrogens with zero attached hydrogens (tertiary/aromatic N) is 1. The van der Waals surface area contributed by atoms with Crippen molar-refractivity contribution in [3.05, 3.63) is 29.3 Å². The number of carbonyl (C=O) groups is 1. The van der Waals surface area contributed by atoms with Gasteiger partial charge < -0.3 is 14.4 Å². The van der Waals surface area contributed by atoms with Gasteiger partial charge in [-0.1, -0.05) is 18.9 Å². The molecule has 4 heteroatoms. The van der Waals surface area contributed by atoms with E-state index in [1.165, 1.54) is 36.8 Å². The van der Waals surface area contributed by atoms with E-state index < -0.39 is 0 Å². The summed E-state index contributed by atoms with van der Waals surface area (Å²) in [7, 11) is 0. The Kier molecular flexibility index (Phi) is 4.62. The van der Waals surface area contributed by atoms with Crippen molar-refractivity contribution < 1.29 is 14.3 Å². The summed E-state index contributed by atoms with van der Waals surface area (Å²) in [4.78, 5) is 14.6. The highest BCUT2D eigenvalue weighted by atomic mass is 16.6. The minimum absolute atomic E-state index is 0.125. The van der Waals surface area contributed by atoms with E-state index in [-0.39, 0.29) is 23.7 Å². The largest absolute Gasteiger partial charge is 0.491 e. The lowest BCUT2D eigenvalue weighted by atomic mass is 9.52. The summed E-state index contributed by atoms with van der Waals surface area (Å²) in [5.41, 5.74) is 3.12. The third-order valence-corrected chi connectivity index (χ3v) is 6.68. The van der Waals surface area contributed by atoms with Crippen LogP contribution >= 0.6 is 0 Å². The van der Waals surface area contributed by atoms with Gasteiger partial charge in [0, 0.05) is 18.0 Å². The molecule has 1 aromatic rings. The Labute approximate surface area is 156 Å². The maximum atomic E-state index is 12.5. The Morgan fingerprint density at radius 3 is 2.92 bits per heavy atom. The van der Waals surface area contributed by atoms with Gasteiger partial charge in [0.05, 0.1) is 12.7 Å². The lowest BCUT2D eigenvalue weighted by Crippen LogP contribution is -2.62. The molecule has 0 radical (unpaired) electrons. The standard InChI is InChI=1S/C22H31NO3/c1-4-25-21(24)23-12-11-22-10-6-5-7-18(22)20(23)13-16-8-9-17(14-19(16)22)26-15(2)3/h8-9,14-15,18,20H,4-7,10-13H2,1-3H3/t18-,20+,22+/m1/s1. The van der Waals surface area contributed by atoms with E-state index in [0.717, 1.165) is 25.1 Å². The molecule has 0 aromatic heterocycles. The first kappa shape index (κ1) is 17.7. The lowest BCUT2D eigenvalue weighted by Gasteiger charge is -2.58. The first-order valence-corrected chi connectivity index (χ1v) is 10.3. The van der Waals surface area contributed by atoms with Crippen molar-refractivity contribution >= 4 is 6.09 Å². The maximum absolute atomic E-state index is 12.5. The van der Waals surface area contributed by atoms with E-state index >= 15 is 0 Å². The Balaban J connectivity index is 1.73. The second kappa shape index (κ2) is 6.79. The summed E-state index contributed by atoms with van der Waals surface area (Å²) in [6.07, 6.45) is 7.08. The smallest absolute Gasteiger partial charge is 0.410 e. The van der Waals surface area contributed by atoms with Gasteiger partial charge >= 0.3 is 6.09 Å². The van der Waals surface area contributed by atoms with Gasteiger partial charge in [-0.2, -0.15) is 0 Å². The summed E-state index contributed by atoms with van der Waals surface area (Å²) in [5.74, 6) is 1.54. The Hall–Kier alpha value is -1.71. The van der Waals surface area contributed by atoms with Gasteiger partial charge in [-0.15, -0.1) is 0 Å². The van der Waals surface area contributed by atoms with E-state index in [1.54, 1.807) is 0 Å². The van der Waals surface area contributed by atoms with Gasteiger partial charge in [0.15, 0.2) is 0 Å². The number of piperidine rings is 1. The monoisotopic (exact) mass is 357 g/mol. The number of hydrogen-bond donors (Lipinski definition) is 0. The molecule has 1 amide bonds. The highest BCUT2D eigenvalue weighted by Crippen LogP contribution is 2.56. The molecule has 1 aromatic carbocycles. The van der Waals surface area contributed by atoms with Crippen LogP contribution in [0.3, 0.4) is 0 Å². The molecule has 0 spiro atoms. The molecular weight excluding hydrogens is 326 g/mol. The van der Waals surface area contributed by atoms with Crippen LogP contribution < -0.4 is 4.74 Å². The van der Waals surface area contributed by atoms with Gasteiger partial charge in [0.1, 0.15) is 5.75 Å². The topological polar surface area (TPSA) is 38.8 Å². The predicted molar refractivity (Wildman–Crippen MR) is 102 cm³/mol. The molecule has 2 fully saturated rings. The third-order valence-electron chi connectivity index (χ3n) is 6.68. The summed E-state index contributed by atoms with van der Waals surface area (Å²) >= 11 is 0. The fraction of sp³-hybridized carbons (Fsp3) is 0.682. The highest BCUT2D eigenvalue weighted by molar-refractivity contribution is 5.69. The van der Waals surface area contributed by atoms with Crippen molar-refractivity contribution in [3.63, 3.8) is 0 Å². The van der Waals surface area contributed by atoms with Gasteiger partial charge in [-0.3, -0.25) is 0 Å². The molecule has 26 heavy (non-hydrogen) atoms. The van der Waals surface area contributed by atoms with Crippen LogP contribution in [0.1, 0.15) is 64.0 Å². The van der Waals surface area contributed by atoms with Crippen molar-refractivity contribution in [2.24, 2.45) is 5.92 Å². The molecule has 4 nitrogen and oxygen atoms in total. The molecule has 3 aliphatic rings. The molecule has 0 N–H and O–H groups in total. The van der Waals surface area contributed by atoms with Crippen LogP contribution in [0, 0.1) is 5.92 Å². The van der Waals surface area contributed by atoms with Crippen molar-refractivity contribution in [1.29, 1.82) is 0 Å². The molecule has 1 saturated heterocycles. The van der Waals surface area contributed by atoms with Gasteiger partial charge in [0.25, 0.3) is 0 Å². The van der Waals surface area contributed by atoms with E-state index in [0.29, 0.717) is 12.5 Å². The second-order valence-electron chi connectivity index (χ2n) is 8.41. The number of likely N-dealkylation sites (tertiary alicyclic amines) is 1. The van der Waals surface area contributed by atoms with Crippen LogP contribution in [0.2, 0.25) is 0 Å². The molecule has 1 heterocycles. The Morgan fingerprint density at radius 1 is 1.31 bits per heavy atom. The minimum Gasteiger partial charge on any atom is -0.491 e. The predicted octanol–water partition coefficient (Wildman–Crippen LogP) is 4.69. The molecule has 3 atom stereocenters. The molecule has 142 valence electrons. The quantitative estimate of drug-likeness (QED) is 0.788. The number of amides is 1. The van der Waals surface area contributed by atoms with E-state index in [2.05, 4.69) is 32.0 Å². The maximum Gasteiger partial charge on any atom is 0.410 e. The molecular formula is C22H31NO3.